The lowest BCUT2D eigenvalue weighted by Crippen LogP contribution is -2.27. The van der Waals surface area contributed by atoms with Gasteiger partial charge in [0, 0.05) is 0 Å². The van der Waals surface area contributed by atoms with Gasteiger partial charge >= 0.3 is 8.60 Å². The monoisotopic (exact) mass is 435 g/mol. The van der Waals surface area contributed by atoms with Crippen LogP contribution in [0.4, 0.5) is 0 Å². The predicted octanol–water partition coefficient (Wildman–Crippen LogP) is 7.56. The van der Waals surface area contributed by atoms with Crippen LogP contribution >= 0.6 is 8.60 Å². The molecule has 0 saturated carbocycles. The second-order valence-electron chi connectivity index (χ2n) is 8.41. The number of rotatable bonds is 21. The van der Waals surface area contributed by atoms with Crippen LogP contribution in [0.1, 0.15) is 136 Å². The van der Waals surface area contributed by atoms with Crippen molar-refractivity contribution in [1.82, 2.24) is 4.90 Å². The first-order valence-electron chi connectivity index (χ1n) is 12.7. The van der Waals surface area contributed by atoms with Gasteiger partial charge in [0.2, 0.25) is 0 Å². The average Bonchev–Trinajstić information content (AvgIpc) is 2.68. The first kappa shape index (κ1) is 31.5. The van der Waals surface area contributed by atoms with Gasteiger partial charge in [0.25, 0.3) is 0 Å². The van der Waals surface area contributed by atoms with Crippen molar-refractivity contribution in [2.24, 2.45) is 0 Å². The number of hydrogen-bond donors (Lipinski definition) is 3. The first-order chi connectivity index (χ1) is 14.1. The minimum absolute atomic E-state index is 1.36. The van der Waals surface area contributed by atoms with Crippen LogP contribution in [0.25, 0.3) is 0 Å². The summed E-state index contributed by atoms with van der Waals surface area (Å²) in [6, 6.07) is 0. The van der Waals surface area contributed by atoms with Crippen LogP contribution in [-0.2, 0) is 0 Å². The highest BCUT2D eigenvalue weighted by atomic mass is 31.2. The van der Waals surface area contributed by atoms with Gasteiger partial charge in [-0.25, -0.2) is 0 Å². The van der Waals surface area contributed by atoms with Crippen molar-refractivity contribution < 1.29 is 14.7 Å². The van der Waals surface area contributed by atoms with Crippen LogP contribution in [0.5, 0.6) is 0 Å². The minimum Gasteiger partial charge on any atom is -0.328 e. The maximum Gasteiger partial charge on any atom is 0.324 e. The molecule has 0 aliphatic rings. The molecule has 0 amide bonds. The third-order valence-corrected chi connectivity index (χ3v) is 5.48. The van der Waals surface area contributed by atoms with E-state index in [1.165, 1.54) is 135 Å². The molecule has 0 heterocycles. The van der Waals surface area contributed by atoms with Crippen LogP contribution in [-0.4, -0.2) is 39.2 Å². The first-order valence-corrected chi connectivity index (χ1v) is 13.9. The Hall–Kier alpha value is 0.270. The Morgan fingerprint density at radius 3 is 0.862 bits per heavy atom. The summed E-state index contributed by atoms with van der Waals surface area (Å²) < 4.78 is 0. The van der Waals surface area contributed by atoms with Crippen LogP contribution in [0.2, 0.25) is 0 Å². The summed E-state index contributed by atoms with van der Waals surface area (Å²) in [6.45, 7) is 11.0. The highest BCUT2D eigenvalue weighted by Gasteiger charge is 2.05. The van der Waals surface area contributed by atoms with E-state index in [2.05, 4.69) is 25.7 Å². The Kier molecular flexibility index (Phi) is 30.7. The number of nitrogens with zero attached hydrogens (tertiary/aromatic N) is 1. The normalized spacial score (nSPS) is 11.2. The second-order valence-corrected chi connectivity index (χ2v) is 8.95. The quantitative estimate of drug-likeness (QED) is 0.129. The summed E-state index contributed by atoms with van der Waals surface area (Å²) in [5.41, 5.74) is 0. The Balaban J connectivity index is 0. The van der Waals surface area contributed by atoms with Gasteiger partial charge in [-0.05, 0) is 38.9 Å². The zero-order valence-electron chi connectivity index (χ0n) is 20.1. The van der Waals surface area contributed by atoms with Gasteiger partial charge in [-0.3, -0.25) is 0 Å². The largest absolute Gasteiger partial charge is 0.328 e. The lowest BCUT2D eigenvalue weighted by molar-refractivity contribution is 0.254. The summed E-state index contributed by atoms with van der Waals surface area (Å²) in [5.74, 6) is 0. The Morgan fingerprint density at radius 2 is 0.621 bits per heavy atom. The van der Waals surface area contributed by atoms with Crippen molar-refractivity contribution in [3.63, 3.8) is 0 Å². The van der Waals surface area contributed by atoms with Crippen molar-refractivity contribution in [3.05, 3.63) is 0 Å². The molecule has 0 rings (SSSR count). The Labute approximate surface area is 184 Å². The molecule has 3 N–H and O–H groups in total. The minimum atomic E-state index is -2.62. The lowest BCUT2D eigenvalue weighted by atomic mass is 10.1. The van der Waals surface area contributed by atoms with E-state index in [0.29, 0.717) is 0 Å². The van der Waals surface area contributed by atoms with Crippen LogP contribution in [0.3, 0.4) is 0 Å². The van der Waals surface area contributed by atoms with Crippen molar-refractivity contribution >= 4 is 8.60 Å². The summed E-state index contributed by atoms with van der Waals surface area (Å²) in [6.07, 6.45) is 25.7. The maximum atomic E-state index is 7.23. The van der Waals surface area contributed by atoms with Crippen molar-refractivity contribution in [3.8, 4) is 0 Å². The molecule has 0 unspecified atom stereocenters. The van der Waals surface area contributed by atoms with E-state index in [-0.39, 0.29) is 0 Å². The Bertz CT molecular complexity index is 240. The SMILES string of the molecule is CCCCCCCCN(CCCCCCCC)CCCCCCCC.OP(O)O. The van der Waals surface area contributed by atoms with Crippen molar-refractivity contribution in [2.75, 3.05) is 19.6 Å². The molecular formula is C24H54NO3P. The summed E-state index contributed by atoms with van der Waals surface area (Å²) in [4.78, 5) is 24.5. The molecule has 29 heavy (non-hydrogen) atoms. The molecule has 0 saturated heterocycles. The van der Waals surface area contributed by atoms with E-state index < -0.39 is 8.60 Å². The smallest absolute Gasteiger partial charge is 0.324 e. The third kappa shape index (κ3) is 33.1. The van der Waals surface area contributed by atoms with E-state index in [4.69, 9.17) is 14.7 Å². The van der Waals surface area contributed by atoms with E-state index in [1.807, 2.05) is 0 Å². The summed E-state index contributed by atoms with van der Waals surface area (Å²) >= 11 is 0. The third-order valence-electron chi connectivity index (χ3n) is 5.48. The van der Waals surface area contributed by atoms with Gasteiger partial charge in [0.05, 0.1) is 0 Å². The molecule has 0 bridgehead atoms. The molecule has 0 spiro atoms. The Morgan fingerprint density at radius 1 is 0.414 bits per heavy atom. The molecule has 0 fully saturated rings. The van der Waals surface area contributed by atoms with Crippen molar-refractivity contribution in [2.45, 2.75) is 136 Å². The van der Waals surface area contributed by atoms with Crippen LogP contribution in [0.15, 0.2) is 0 Å². The molecule has 0 aromatic carbocycles. The van der Waals surface area contributed by atoms with E-state index in [0.717, 1.165) is 0 Å². The molecule has 5 heteroatoms. The fourth-order valence-electron chi connectivity index (χ4n) is 3.68. The van der Waals surface area contributed by atoms with Gasteiger partial charge < -0.3 is 19.6 Å². The molecule has 0 radical (unpaired) electrons. The van der Waals surface area contributed by atoms with Crippen LogP contribution in [0, 0.1) is 0 Å². The van der Waals surface area contributed by atoms with E-state index in [1.54, 1.807) is 0 Å². The zero-order valence-corrected chi connectivity index (χ0v) is 21.0. The maximum absolute atomic E-state index is 7.23. The number of hydrogen-bond acceptors (Lipinski definition) is 4. The molecular weight excluding hydrogens is 381 g/mol. The zero-order chi connectivity index (χ0) is 22.0. The fourth-order valence-corrected chi connectivity index (χ4v) is 3.68. The molecule has 0 aliphatic heterocycles. The fraction of sp³-hybridized carbons (Fsp3) is 1.00. The molecule has 4 nitrogen and oxygen atoms in total. The number of unbranched alkanes of at least 4 members (excludes halogenated alkanes) is 15. The van der Waals surface area contributed by atoms with E-state index in [9.17, 15) is 0 Å². The average molecular weight is 436 g/mol. The van der Waals surface area contributed by atoms with Gasteiger partial charge in [-0.2, -0.15) is 0 Å². The van der Waals surface area contributed by atoms with Crippen molar-refractivity contribution in [1.29, 1.82) is 0 Å². The molecule has 178 valence electrons. The van der Waals surface area contributed by atoms with Gasteiger partial charge in [-0.15, -0.1) is 0 Å². The van der Waals surface area contributed by atoms with Crippen LogP contribution < -0.4 is 0 Å². The molecule has 0 aromatic heterocycles. The topological polar surface area (TPSA) is 63.9 Å². The summed E-state index contributed by atoms with van der Waals surface area (Å²) in [7, 11) is -2.62. The lowest BCUT2D eigenvalue weighted by Gasteiger charge is -2.22. The highest BCUT2D eigenvalue weighted by Crippen LogP contribution is 2.12. The second kappa shape index (κ2) is 28.3. The standard InChI is InChI=1S/C24H51N.H3O3P/c1-4-7-10-13-16-19-22-25(23-20-17-14-11-8-5-2)24-21-18-15-12-9-6-3;1-4(2)3/h4-24H2,1-3H3;1-3H. The highest BCUT2D eigenvalue weighted by molar-refractivity contribution is 7.38. The van der Waals surface area contributed by atoms with E-state index >= 15 is 0 Å². The van der Waals surface area contributed by atoms with Gasteiger partial charge in [-0.1, -0.05) is 117 Å². The molecule has 0 aliphatic carbocycles. The summed E-state index contributed by atoms with van der Waals surface area (Å²) in [5, 5.41) is 0. The van der Waals surface area contributed by atoms with Gasteiger partial charge in [0.1, 0.15) is 0 Å². The van der Waals surface area contributed by atoms with Gasteiger partial charge in [0.15, 0.2) is 0 Å². The molecule has 0 atom stereocenters. The predicted molar refractivity (Wildman–Crippen MR) is 130 cm³/mol. The molecule has 0 aromatic rings.